The highest BCUT2D eigenvalue weighted by molar-refractivity contribution is 4.98. The van der Waals surface area contributed by atoms with E-state index in [9.17, 15) is 0 Å². The van der Waals surface area contributed by atoms with Crippen LogP contribution in [-0.2, 0) is 0 Å². The summed E-state index contributed by atoms with van der Waals surface area (Å²) in [5.41, 5.74) is 6.95. The molecule has 0 saturated heterocycles. The van der Waals surface area contributed by atoms with Crippen LogP contribution in [0.3, 0.4) is 0 Å². The Morgan fingerprint density at radius 1 is 1.07 bits per heavy atom. The van der Waals surface area contributed by atoms with E-state index < -0.39 is 0 Å². The van der Waals surface area contributed by atoms with Gasteiger partial charge in [0.05, 0.1) is 0 Å². The molecule has 3 N–H and O–H groups in total. The second-order valence-corrected chi connectivity index (χ2v) is 6.00. The average Bonchev–Trinajstić information content (AvgIpc) is 2.98. The first-order chi connectivity index (χ1) is 7.18. The van der Waals surface area contributed by atoms with Crippen LogP contribution >= 0.6 is 0 Å². The molecule has 2 rings (SSSR count). The van der Waals surface area contributed by atoms with Crippen molar-refractivity contribution in [2.24, 2.45) is 11.1 Å². The molecule has 88 valence electrons. The van der Waals surface area contributed by atoms with Crippen LogP contribution in [0.15, 0.2) is 0 Å². The first kappa shape index (κ1) is 11.4. The number of rotatable bonds is 5. The fourth-order valence-corrected chi connectivity index (χ4v) is 2.85. The Labute approximate surface area is 94.0 Å². The Balaban J connectivity index is 1.74. The van der Waals surface area contributed by atoms with Gasteiger partial charge in [0.1, 0.15) is 0 Å². The van der Waals surface area contributed by atoms with E-state index >= 15 is 0 Å². The molecule has 2 nitrogen and oxygen atoms in total. The molecular weight excluding hydrogens is 184 g/mol. The molecule has 0 unspecified atom stereocenters. The van der Waals surface area contributed by atoms with Crippen LogP contribution in [0.2, 0.25) is 0 Å². The SMILES string of the molecule is CC1(NCCC2(CN)CCCCC2)CC1. The van der Waals surface area contributed by atoms with Gasteiger partial charge in [0, 0.05) is 5.54 Å². The quantitative estimate of drug-likeness (QED) is 0.731. The maximum absolute atomic E-state index is 5.98. The molecule has 2 fully saturated rings. The summed E-state index contributed by atoms with van der Waals surface area (Å²) in [5, 5.41) is 3.68. The van der Waals surface area contributed by atoms with Gasteiger partial charge in [-0.15, -0.1) is 0 Å². The van der Waals surface area contributed by atoms with Crippen LogP contribution in [0, 0.1) is 5.41 Å². The molecule has 0 radical (unpaired) electrons. The molecule has 2 aliphatic rings. The highest BCUT2D eigenvalue weighted by atomic mass is 15.0. The molecule has 0 aliphatic heterocycles. The summed E-state index contributed by atoms with van der Waals surface area (Å²) >= 11 is 0. The van der Waals surface area contributed by atoms with E-state index in [1.165, 1.54) is 57.9 Å². The molecule has 0 heterocycles. The normalized spacial score (nSPS) is 27.6. The van der Waals surface area contributed by atoms with Crippen molar-refractivity contribution in [1.29, 1.82) is 0 Å². The Hall–Kier alpha value is -0.0800. The molecule has 15 heavy (non-hydrogen) atoms. The lowest BCUT2D eigenvalue weighted by molar-refractivity contribution is 0.179. The summed E-state index contributed by atoms with van der Waals surface area (Å²) in [5.74, 6) is 0. The van der Waals surface area contributed by atoms with Gasteiger partial charge >= 0.3 is 0 Å². The van der Waals surface area contributed by atoms with Gasteiger partial charge in [0.2, 0.25) is 0 Å². The van der Waals surface area contributed by atoms with Crippen LogP contribution in [-0.4, -0.2) is 18.6 Å². The van der Waals surface area contributed by atoms with Gasteiger partial charge in [-0.05, 0) is 57.5 Å². The largest absolute Gasteiger partial charge is 0.330 e. The summed E-state index contributed by atoms with van der Waals surface area (Å²) in [6.07, 6.45) is 11.0. The first-order valence-electron chi connectivity index (χ1n) is 6.63. The average molecular weight is 210 g/mol. The van der Waals surface area contributed by atoms with Crippen molar-refractivity contribution in [2.75, 3.05) is 13.1 Å². The summed E-state index contributed by atoms with van der Waals surface area (Å²) in [4.78, 5) is 0. The van der Waals surface area contributed by atoms with Crippen molar-refractivity contribution in [1.82, 2.24) is 5.32 Å². The molecule has 0 aromatic carbocycles. The van der Waals surface area contributed by atoms with E-state index in [2.05, 4.69) is 12.2 Å². The molecule has 0 aromatic rings. The number of nitrogens with two attached hydrogens (primary N) is 1. The second-order valence-electron chi connectivity index (χ2n) is 6.00. The third kappa shape index (κ3) is 2.94. The van der Waals surface area contributed by atoms with Crippen molar-refractivity contribution in [3.63, 3.8) is 0 Å². The maximum atomic E-state index is 5.98. The Kier molecular flexibility index (Phi) is 3.36. The van der Waals surface area contributed by atoms with Gasteiger partial charge in [-0.3, -0.25) is 0 Å². The lowest BCUT2D eigenvalue weighted by atomic mass is 9.72. The molecule has 0 atom stereocenters. The fraction of sp³-hybridized carbons (Fsp3) is 1.00. The van der Waals surface area contributed by atoms with E-state index in [1.54, 1.807) is 0 Å². The summed E-state index contributed by atoms with van der Waals surface area (Å²) in [6, 6.07) is 0. The lowest BCUT2D eigenvalue weighted by Crippen LogP contribution is -2.38. The van der Waals surface area contributed by atoms with Gasteiger partial charge in [-0.25, -0.2) is 0 Å². The molecule has 2 saturated carbocycles. The van der Waals surface area contributed by atoms with Crippen LogP contribution in [0.1, 0.15) is 58.3 Å². The Morgan fingerprint density at radius 3 is 2.27 bits per heavy atom. The molecule has 0 aromatic heterocycles. The molecule has 0 amide bonds. The predicted octanol–water partition coefficient (Wildman–Crippen LogP) is 2.43. The van der Waals surface area contributed by atoms with Crippen molar-refractivity contribution in [2.45, 2.75) is 63.8 Å². The third-order valence-electron chi connectivity index (χ3n) is 4.55. The van der Waals surface area contributed by atoms with Crippen LogP contribution < -0.4 is 11.1 Å². The Morgan fingerprint density at radius 2 is 1.73 bits per heavy atom. The Bertz CT molecular complexity index is 203. The van der Waals surface area contributed by atoms with Crippen molar-refractivity contribution in [3.8, 4) is 0 Å². The molecule has 0 bridgehead atoms. The van der Waals surface area contributed by atoms with E-state index in [4.69, 9.17) is 5.73 Å². The standard InChI is InChI=1S/C13H26N2/c1-12(7-8-12)15-10-9-13(11-14)5-3-2-4-6-13/h15H,2-11,14H2,1H3. The zero-order valence-electron chi connectivity index (χ0n) is 10.1. The highest BCUT2D eigenvalue weighted by Crippen LogP contribution is 2.39. The number of hydrogen-bond donors (Lipinski definition) is 2. The van der Waals surface area contributed by atoms with Crippen molar-refractivity contribution in [3.05, 3.63) is 0 Å². The van der Waals surface area contributed by atoms with Gasteiger partial charge in [-0.2, -0.15) is 0 Å². The maximum Gasteiger partial charge on any atom is 0.0154 e. The topological polar surface area (TPSA) is 38.0 Å². The number of hydrogen-bond acceptors (Lipinski definition) is 2. The monoisotopic (exact) mass is 210 g/mol. The molecule has 2 aliphatic carbocycles. The van der Waals surface area contributed by atoms with Crippen LogP contribution in [0.25, 0.3) is 0 Å². The summed E-state index contributed by atoms with van der Waals surface area (Å²) in [6.45, 7) is 4.40. The molecule has 0 spiro atoms. The first-order valence-corrected chi connectivity index (χ1v) is 6.63. The van der Waals surface area contributed by atoms with Crippen molar-refractivity contribution >= 4 is 0 Å². The lowest BCUT2D eigenvalue weighted by Gasteiger charge is -2.36. The van der Waals surface area contributed by atoms with Gasteiger partial charge in [-0.1, -0.05) is 19.3 Å². The highest BCUT2D eigenvalue weighted by Gasteiger charge is 2.37. The van der Waals surface area contributed by atoms with Crippen LogP contribution in [0.4, 0.5) is 0 Å². The molecular formula is C13H26N2. The minimum absolute atomic E-state index is 0.483. The number of nitrogens with one attached hydrogen (secondary N) is 1. The second kappa shape index (κ2) is 4.42. The zero-order valence-corrected chi connectivity index (χ0v) is 10.1. The van der Waals surface area contributed by atoms with E-state index in [0.29, 0.717) is 11.0 Å². The van der Waals surface area contributed by atoms with Gasteiger partial charge in [0.15, 0.2) is 0 Å². The fourth-order valence-electron chi connectivity index (χ4n) is 2.85. The zero-order chi connectivity index (χ0) is 10.8. The van der Waals surface area contributed by atoms with Crippen LogP contribution in [0.5, 0.6) is 0 Å². The predicted molar refractivity (Wildman–Crippen MR) is 64.8 cm³/mol. The third-order valence-corrected chi connectivity index (χ3v) is 4.55. The van der Waals surface area contributed by atoms with Gasteiger partial charge in [0.25, 0.3) is 0 Å². The van der Waals surface area contributed by atoms with E-state index in [0.717, 1.165) is 6.54 Å². The van der Waals surface area contributed by atoms with E-state index in [1.807, 2.05) is 0 Å². The minimum Gasteiger partial charge on any atom is -0.330 e. The van der Waals surface area contributed by atoms with Crippen molar-refractivity contribution < 1.29 is 0 Å². The summed E-state index contributed by atoms with van der Waals surface area (Å²) in [7, 11) is 0. The molecule has 2 heteroatoms. The summed E-state index contributed by atoms with van der Waals surface area (Å²) < 4.78 is 0. The van der Waals surface area contributed by atoms with E-state index in [-0.39, 0.29) is 0 Å². The smallest absolute Gasteiger partial charge is 0.0154 e. The van der Waals surface area contributed by atoms with Gasteiger partial charge < -0.3 is 11.1 Å². The minimum atomic E-state index is 0.483.